The van der Waals surface area contributed by atoms with Gasteiger partial charge in [0.15, 0.2) is 5.82 Å². The van der Waals surface area contributed by atoms with Gasteiger partial charge in [0.05, 0.1) is 10.5 Å². The molecule has 0 unspecified atom stereocenters. The van der Waals surface area contributed by atoms with Crippen LogP contribution in [-0.4, -0.2) is 16.3 Å². The molecule has 10 heteroatoms. The van der Waals surface area contributed by atoms with Crippen LogP contribution in [0.2, 0.25) is 0 Å². The van der Waals surface area contributed by atoms with E-state index >= 15 is 0 Å². The minimum atomic E-state index is -5.10. The van der Waals surface area contributed by atoms with E-state index in [1.165, 1.54) is 0 Å². The summed E-state index contributed by atoms with van der Waals surface area (Å²) in [6.07, 6.45) is -4.18. The van der Waals surface area contributed by atoms with E-state index in [1.54, 1.807) is 0 Å². The molecular formula is C7H7F3N4O3. The van der Waals surface area contributed by atoms with Gasteiger partial charge in [0.25, 0.3) is 0 Å². The molecule has 1 aromatic heterocycles. The smallest absolute Gasteiger partial charge is 0.394 e. The molecule has 0 aliphatic heterocycles. The van der Waals surface area contributed by atoms with Gasteiger partial charge in [0.1, 0.15) is 0 Å². The Hall–Kier alpha value is -2.10. The van der Waals surface area contributed by atoms with Crippen LogP contribution in [-0.2, 0) is 6.54 Å². The van der Waals surface area contributed by atoms with Crippen LogP contribution in [0.5, 0.6) is 5.75 Å². The molecule has 0 radical (unpaired) electrons. The Kier molecular flexibility index (Phi) is 3.36. The standard InChI is InChI=1S/C7H7F3N4O3/c8-7(9,10)17-5-4(14(15)16)3(1-11)2-13-6(5)12/h2H,1,11H2,(H2,12,13). The van der Waals surface area contributed by atoms with Crippen molar-refractivity contribution < 1.29 is 22.8 Å². The first kappa shape index (κ1) is 13.0. The lowest BCUT2D eigenvalue weighted by molar-refractivity contribution is -0.389. The quantitative estimate of drug-likeness (QED) is 0.610. The van der Waals surface area contributed by atoms with Gasteiger partial charge in [-0.2, -0.15) is 0 Å². The first-order valence-electron chi connectivity index (χ1n) is 4.13. The minimum absolute atomic E-state index is 0.205. The number of alkyl halides is 3. The molecule has 7 nitrogen and oxygen atoms in total. The zero-order chi connectivity index (χ0) is 13.2. The summed E-state index contributed by atoms with van der Waals surface area (Å²) in [7, 11) is 0. The van der Waals surface area contributed by atoms with Gasteiger partial charge in [0.2, 0.25) is 5.75 Å². The summed E-state index contributed by atoms with van der Waals surface area (Å²) in [5, 5.41) is 10.7. The fourth-order valence-corrected chi connectivity index (χ4v) is 1.10. The Morgan fingerprint density at radius 1 is 1.53 bits per heavy atom. The Bertz CT molecular complexity index is 449. The molecule has 1 rings (SSSR count). The van der Waals surface area contributed by atoms with Gasteiger partial charge in [-0.15, -0.1) is 13.2 Å². The number of nitro groups is 1. The molecule has 0 aromatic carbocycles. The number of anilines is 1. The fourth-order valence-electron chi connectivity index (χ4n) is 1.10. The van der Waals surface area contributed by atoms with Gasteiger partial charge in [0, 0.05) is 12.7 Å². The Morgan fingerprint density at radius 2 is 2.12 bits per heavy atom. The number of halogens is 3. The summed E-state index contributed by atoms with van der Waals surface area (Å²) in [4.78, 5) is 13.0. The van der Waals surface area contributed by atoms with Crippen molar-refractivity contribution in [1.29, 1.82) is 0 Å². The third-order valence-corrected chi connectivity index (χ3v) is 1.73. The Labute approximate surface area is 92.3 Å². The summed E-state index contributed by atoms with van der Waals surface area (Å²) in [6, 6.07) is 0. The number of hydrogen-bond acceptors (Lipinski definition) is 6. The van der Waals surface area contributed by atoms with Gasteiger partial charge in [-0.25, -0.2) is 4.98 Å². The van der Waals surface area contributed by atoms with E-state index in [1.807, 2.05) is 0 Å². The molecule has 94 valence electrons. The first-order valence-corrected chi connectivity index (χ1v) is 4.13. The van der Waals surface area contributed by atoms with E-state index in [-0.39, 0.29) is 12.1 Å². The highest BCUT2D eigenvalue weighted by molar-refractivity contribution is 5.62. The van der Waals surface area contributed by atoms with Crippen LogP contribution in [0, 0.1) is 10.1 Å². The number of hydrogen-bond donors (Lipinski definition) is 2. The molecule has 0 saturated carbocycles. The van der Waals surface area contributed by atoms with Crippen molar-refractivity contribution in [2.24, 2.45) is 5.73 Å². The summed E-state index contributed by atoms with van der Waals surface area (Å²) in [6.45, 7) is -0.363. The lowest BCUT2D eigenvalue weighted by Gasteiger charge is -2.11. The van der Waals surface area contributed by atoms with Crippen molar-refractivity contribution in [1.82, 2.24) is 4.98 Å². The average molecular weight is 252 g/mol. The number of nitrogens with two attached hydrogens (primary N) is 2. The number of aromatic nitrogens is 1. The van der Waals surface area contributed by atoms with E-state index in [0.29, 0.717) is 0 Å². The van der Waals surface area contributed by atoms with Crippen molar-refractivity contribution in [2.75, 3.05) is 5.73 Å². The lowest BCUT2D eigenvalue weighted by atomic mass is 10.2. The fraction of sp³-hybridized carbons (Fsp3) is 0.286. The number of pyridine rings is 1. The summed E-state index contributed by atoms with van der Waals surface area (Å²) in [5.41, 5.74) is 9.12. The third kappa shape index (κ3) is 2.93. The monoisotopic (exact) mass is 252 g/mol. The van der Waals surface area contributed by atoms with Crippen LogP contribution < -0.4 is 16.2 Å². The summed E-state index contributed by atoms with van der Waals surface area (Å²) < 4.78 is 39.6. The van der Waals surface area contributed by atoms with Crippen molar-refractivity contribution >= 4 is 11.5 Å². The predicted octanol–water partition coefficient (Wildman–Crippen LogP) is 0.929. The molecule has 0 saturated heterocycles. The predicted molar refractivity (Wildman–Crippen MR) is 49.9 cm³/mol. The molecule has 0 fully saturated rings. The van der Waals surface area contributed by atoms with Gasteiger partial charge in [-0.1, -0.05) is 0 Å². The van der Waals surface area contributed by atoms with Crippen LogP contribution in [0.25, 0.3) is 0 Å². The Morgan fingerprint density at radius 3 is 2.53 bits per heavy atom. The van der Waals surface area contributed by atoms with Gasteiger partial charge < -0.3 is 16.2 Å². The van der Waals surface area contributed by atoms with Gasteiger partial charge in [-0.3, -0.25) is 10.1 Å². The van der Waals surface area contributed by atoms with E-state index in [2.05, 4.69) is 9.72 Å². The summed E-state index contributed by atoms with van der Waals surface area (Å²) in [5.74, 6) is -1.88. The SMILES string of the molecule is NCc1cnc(N)c(OC(F)(F)F)c1[N+](=O)[O-]. The van der Waals surface area contributed by atoms with Crippen LogP contribution in [0.15, 0.2) is 6.20 Å². The van der Waals surface area contributed by atoms with E-state index in [4.69, 9.17) is 11.5 Å². The second-order valence-electron chi connectivity index (χ2n) is 2.86. The maximum atomic E-state index is 12.0. The molecule has 17 heavy (non-hydrogen) atoms. The number of nitrogens with zero attached hydrogens (tertiary/aromatic N) is 2. The van der Waals surface area contributed by atoms with E-state index < -0.39 is 28.5 Å². The van der Waals surface area contributed by atoms with Gasteiger partial charge in [-0.05, 0) is 0 Å². The average Bonchev–Trinajstić information content (AvgIpc) is 2.18. The van der Waals surface area contributed by atoms with Crippen LogP contribution in [0.4, 0.5) is 24.7 Å². The van der Waals surface area contributed by atoms with Crippen LogP contribution >= 0.6 is 0 Å². The highest BCUT2D eigenvalue weighted by Gasteiger charge is 2.37. The van der Waals surface area contributed by atoms with Gasteiger partial charge >= 0.3 is 12.0 Å². The molecule has 0 aliphatic carbocycles. The van der Waals surface area contributed by atoms with Crippen LogP contribution in [0.3, 0.4) is 0 Å². The number of rotatable bonds is 3. The molecular weight excluding hydrogens is 245 g/mol. The Balaban J connectivity index is 3.39. The van der Waals surface area contributed by atoms with E-state index in [9.17, 15) is 23.3 Å². The van der Waals surface area contributed by atoms with Crippen molar-refractivity contribution in [3.05, 3.63) is 21.9 Å². The third-order valence-electron chi connectivity index (χ3n) is 1.73. The number of ether oxygens (including phenoxy) is 1. The second kappa shape index (κ2) is 4.41. The van der Waals surface area contributed by atoms with Crippen molar-refractivity contribution in [3.63, 3.8) is 0 Å². The number of nitrogen functional groups attached to an aromatic ring is 1. The highest BCUT2D eigenvalue weighted by Crippen LogP contribution is 2.38. The first-order chi connectivity index (χ1) is 7.76. The molecule has 0 amide bonds. The molecule has 0 atom stereocenters. The van der Waals surface area contributed by atoms with E-state index in [0.717, 1.165) is 6.20 Å². The zero-order valence-corrected chi connectivity index (χ0v) is 8.19. The minimum Gasteiger partial charge on any atom is -0.394 e. The zero-order valence-electron chi connectivity index (χ0n) is 8.19. The largest absolute Gasteiger partial charge is 0.573 e. The summed E-state index contributed by atoms with van der Waals surface area (Å²) >= 11 is 0. The molecule has 0 spiro atoms. The topological polar surface area (TPSA) is 117 Å². The molecule has 1 heterocycles. The lowest BCUT2D eigenvalue weighted by Crippen LogP contribution is -2.20. The second-order valence-corrected chi connectivity index (χ2v) is 2.86. The van der Waals surface area contributed by atoms with Crippen LogP contribution in [0.1, 0.15) is 5.56 Å². The molecule has 4 N–H and O–H groups in total. The molecule has 0 bridgehead atoms. The molecule has 0 aliphatic rings. The van der Waals surface area contributed by atoms with Crippen molar-refractivity contribution in [3.8, 4) is 5.75 Å². The molecule has 1 aromatic rings. The highest BCUT2D eigenvalue weighted by atomic mass is 19.4. The maximum absolute atomic E-state index is 12.0. The normalized spacial score (nSPS) is 11.3. The van der Waals surface area contributed by atoms with Crippen molar-refractivity contribution in [2.45, 2.75) is 12.9 Å². The maximum Gasteiger partial charge on any atom is 0.573 e.